The number of piperazine rings is 1. The Morgan fingerprint density at radius 2 is 2.06 bits per heavy atom. The van der Waals surface area contributed by atoms with Crippen LogP contribution in [-0.2, 0) is 19.5 Å². The molecule has 2 fully saturated rings. The van der Waals surface area contributed by atoms with Gasteiger partial charge in [-0.1, -0.05) is 0 Å². The van der Waals surface area contributed by atoms with Gasteiger partial charge in [-0.3, -0.25) is 4.90 Å². The number of hydrogen-bond donors (Lipinski definition) is 0. The fourth-order valence-electron chi connectivity index (χ4n) is 2.60. The second kappa shape index (κ2) is 5.83. The second-order valence-electron chi connectivity index (χ2n) is 5.05. The van der Waals surface area contributed by atoms with Gasteiger partial charge in [0.2, 0.25) is 10.0 Å². The van der Waals surface area contributed by atoms with E-state index in [1.807, 2.05) is 6.92 Å². The fraction of sp³-hybridized carbons (Fsp3) is 1.00. The van der Waals surface area contributed by atoms with Crippen LogP contribution in [0.4, 0.5) is 0 Å². The third-order valence-corrected chi connectivity index (χ3v) is 4.82. The first-order valence-corrected chi connectivity index (χ1v) is 8.20. The van der Waals surface area contributed by atoms with Crippen LogP contribution in [0.3, 0.4) is 0 Å². The second-order valence-corrected chi connectivity index (χ2v) is 6.99. The lowest BCUT2D eigenvalue weighted by atomic mass is 10.2. The quantitative estimate of drug-likeness (QED) is 0.688. The van der Waals surface area contributed by atoms with Crippen molar-refractivity contribution in [1.29, 1.82) is 0 Å². The van der Waals surface area contributed by atoms with Gasteiger partial charge in [0.05, 0.1) is 32.2 Å². The minimum Gasteiger partial charge on any atom is -0.376 e. The summed E-state index contributed by atoms with van der Waals surface area (Å²) in [5.41, 5.74) is 0. The molecule has 0 bridgehead atoms. The van der Waals surface area contributed by atoms with E-state index in [1.54, 1.807) is 4.31 Å². The molecule has 7 heteroatoms. The first kappa shape index (κ1) is 14.2. The van der Waals surface area contributed by atoms with Gasteiger partial charge in [0, 0.05) is 32.2 Å². The van der Waals surface area contributed by atoms with E-state index < -0.39 is 10.0 Å². The fourth-order valence-corrected chi connectivity index (χ4v) is 3.74. The lowest BCUT2D eigenvalue weighted by Crippen LogP contribution is -2.55. The van der Waals surface area contributed by atoms with E-state index in [-0.39, 0.29) is 12.1 Å². The Bertz CT molecular complexity index is 367. The molecule has 0 aliphatic carbocycles. The van der Waals surface area contributed by atoms with E-state index in [4.69, 9.17) is 9.47 Å². The highest BCUT2D eigenvalue weighted by atomic mass is 32.2. The van der Waals surface area contributed by atoms with Crippen molar-refractivity contribution in [2.45, 2.75) is 19.1 Å². The Kier molecular flexibility index (Phi) is 4.60. The summed E-state index contributed by atoms with van der Waals surface area (Å²) in [6, 6.07) is 0.0262. The Balaban J connectivity index is 1.84. The first-order chi connectivity index (χ1) is 8.47. The van der Waals surface area contributed by atoms with Gasteiger partial charge in [0.25, 0.3) is 0 Å². The highest BCUT2D eigenvalue weighted by molar-refractivity contribution is 7.88. The Morgan fingerprint density at radius 1 is 1.28 bits per heavy atom. The molecular weight excluding hydrogens is 256 g/mol. The summed E-state index contributed by atoms with van der Waals surface area (Å²) in [6.45, 7) is 6.82. The summed E-state index contributed by atoms with van der Waals surface area (Å²) in [6.07, 6.45) is 1.40. The first-order valence-electron chi connectivity index (χ1n) is 6.35. The molecule has 106 valence electrons. The molecule has 1 unspecified atom stereocenters. The Hall–Kier alpha value is -0.210. The van der Waals surface area contributed by atoms with E-state index in [1.165, 1.54) is 6.26 Å². The predicted molar refractivity (Wildman–Crippen MR) is 68.0 cm³/mol. The molecule has 2 heterocycles. The molecule has 0 radical (unpaired) electrons. The molecule has 0 amide bonds. The van der Waals surface area contributed by atoms with E-state index in [9.17, 15) is 8.42 Å². The minimum absolute atomic E-state index is 0.0262. The highest BCUT2D eigenvalue weighted by Gasteiger charge is 2.31. The van der Waals surface area contributed by atoms with Crippen LogP contribution in [0.5, 0.6) is 0 Å². The van der Waals surface area contributed by atoms with Crippen molar-refractivity contribution in [3.63, 3.8) is 0 Å². The van der Waals surface area contributed by atoms with Crippen molar-refractivity contribution in [1.82, 2.24) is 9.21 Å². The zero-order chi connectivity index (χ0) is 13.2. The average molecular weight is 278 g/mol. The smallest absolute Gasteiger partial charge is 0.211 e. The molecule has 0 spiro atoms. The molecule has 2 rings (SSSR count). The summed E-state index contributed by atoms with van der Waals surface area (Å²) in [5, 5.41) is 0. The zero-order valence-corrected chi connectivity index (χ0v) is 11.9. The van der Waals surface area contributed by atoms with Gasteiger partial charge in [-0.15, -0.1) is 0 Å². The number of ether oxygens (including phenoxy) is 2. The van der Waals surface area contributed by atoms with E-state index in [0.717, 1.165) is 19.6 Å². The predicted octanol–water partition coefficient (Wildman–Crippen LogP) is -0.632. The van der Waals surface area contributed by atoms with Crippen LogP contribution in [0.15, 0.2) is 0 Å². The van der Waals surface area contributed by atoms with Gasteiger partial charge in [0.15, 0.2) is 0 Å². The van der Waals surface area contributed by atoms with Crippen molar-refractivity contribution in [2.24, 2.45) is 0 Å². The van der Waals surface area contributed by atoms with Gasteiger partial charge in [-0.05, 0) is 6.92 Å². The van der Waals surface area contributed by atoms with Gasteiger partial charge in [-0.25, -0.2) is 8.42 Å². The molecule has 2 atom stereocenters. The molecule has 18 heavy (non-hydrogen) atoms. The van der Waals surface area contributed by atoms with Crippen LogP contribution in [0.25, 0.3) is 0 Å². The van der Waals surface area contributed by atoms with Crippen LogP contribution in [-0.4, -0.2) is 82.0 Å². The van der Waals surface area contributed by atoms with E-state index in [0.29, 0.717) is 26.4 Å². The summed E-state index contributed by atoms with van der Waals surface area (Å²) in [7, 11) is -3.08. The third-order valence-electron chi connectivity index (χ3n) is 3.42. The molecule has 0 aromatic rings. The summed E-state index contributed by atoms with van der Waals surface area (Å²) in [4.78, 5) is 2.26. The van der Waals surface area contributed by atoms with Gasteiger partial charge < -0.3 is 9.47 Å². The van der Waals surface area contributed by atoms with Crippen molar-refractivity contribution in [2.75, 3.05) is 52.3 Å². The van der Waals surface area contributed by atoms with Crippen molar-refractivity contribution in [3.8, 4) is 0 Å². The number of rotatable bonds is 3. The maximum absolute atomic E-state index is 11.6. The molecule has 2 aliphatic rings. The molecule has 0 N–H and O–H groups in total. The van der Waals surface area contributed by atoms with Gasteiger partial charge in [0.1, 0.15) is 0 Å². The van der Waals surface area contributed by atoms with Crippen LogP contribution >= 0.6 is 0 Å². The van der Waals surface area contributed by atoms with Gasteiger partial charge >= 0.3 is 0 Å². The number of hydrogen-bond acceptors (Lipinski definition) is 5. The minimum atomic E-state index is -3.08. The molecule has 0 saturated carbocycles. The van der Waals surface area contributed by atoms with Crippen LogP contribution in [0, 0.1) is 0 Å². The highest BCUT2D eigenvalue weighted by Crippen LogP contribution is 2.14. The molecular formula is C11H22N2O4S. The Labute approximate surface area is 109 Å². The third kappa shape index (κ3) is 3.64. The van der Waals surface area contributed by atoms with E-state index >= 15 is 0 Å². The molecule has 2 aliphatic heterocycles. The van der Waals surface area contributed by atoms with Crippen molar-refractivity contribution >= 4 is 10.0 Å². The maximum atomic E-state index is 11.6. The van der Waals surface area contributed by atoms with Crippen LogP contribution in [0.1, 0.15) is 6.92 Å². The average Bonchev–Trinajstić information content (AvgIpc) is 2.28. The largest absolute Gasteiger partial charge is 0.376 e. The molecule has 6 nitrogen and oxygen atoms in total. The summed E-state index contributed by atoms with van der Waals surface area (Å²) < 4.78 is 35.7. The summed E-state index contributed by atoms with van der Waals surface area (Å²) in [5.74, 6) is 0. The molecule has 2 saturated heterocycles. The van der Waals surface area contributed by atoms with Crippen LogP contribution < -0.4 is 0 Å². The van der Waals surface area contributed by atoms with Gasteiger partial charge in [-0.2, -0.15) is 4.31 Å². The topological polar surface area (TPSA) is 59.1 Å². The number of sulfonamides is 1. The lowest BCUT2D eigenvalue weighted by molar-refractivity contribution is -0.100. The molecule has 0 aromatic heterocycles. The zero-order valence-electron chi connectivity index (χ0n) is 11.0. The lowest BCUT2D eigenvalue weighted by Gasteiger charge is -2.39. The SMILES string of the molecule is C[C@H]1CN(CC2COCCO2)CCN1S(C)(=O)=O. The summed E-state index contributed by atoms with van der Waals surface area (Å²) >= 11 is 0. The Morgan fingerprint density at radius 3 is 2.61 bits per heavy atom. The molecule has 0 aromatic carbocycles. The number of nitrogens with zero attached hydrogens (tertiary/aromatic N) is 2. The van der Waals surface area contributed by atoms with Crippen molar-refractivity contribution < 1.29 is 17.9 Å². The van der Waals surface area contributed by atoms with Crippen molar-refractivity contribution in [3.05, 3.63) is 0 Å². The monoisotopic (exact) mass is 278 g/mol. The standard InChI is InChI=1S/C11H22N2O4S/c1-10-7-12(3-4-13(10)18(2,14)15)8-11-9-16-5-6-17-11/h10-11H,3-9H2,1-2H3/t10-,11?/m0/s1. The normalized spacial score (nSPS) is 32.6. The van der Waals surface area contributed by atoms with E-state index in [2.05, 4.69) is 4.90 Å². The maximum Gasteiger partial charge on any atom is 0.211 e. The van der Waals surface area contributed by atoms with Crippen LogP contribution in [0.2, 0.25) is 0 Å².